The van der Waals surface area contributed by atoms with Gasteiger partial charge >= 0.3 is 0 Å². The van der Waals surface area contributed by atoms with Crippen LogP contribution in [-0.4, -0.2) is 14.5 Å². The maximum atomic E-state index is 5.79. The fourth-order valence-electron chi connectivity index (χ4n) is 1.85. The molecule has 0 saturated carbocycles. The third-order valence-electron chi connectivity index (χ3n) is 2.66. The van der Waals surface area contributed by atoms with E-state index in [0.29, 0.717) is 11.5 Å². The minimum Gasteiger partial charge on any atom is -0.399 e. The van der Waals surface area contributed by atoms with Crippen molar-refractivity contribution in [3.8, 4) is 5.69 Å². The van der Waals surface area contributed by atoms with Crippen molar-refractivity contribution >= 4 is 22.5 Å². The Hall–Kier alpha value is -2.56. The van der Waals surface area contributed by atoms with Crippen molar-refractivity contribution in [3.63, 3.8) is 0 Å². The molecule has 84 valence electrons. The normalized spacial score (nSPS) is 10.8. The van der Waals surface area contributed by atoms with Crippen LogP contribution in [0.2, 0.25) is 0 Å². The molecule has 2 heterocycles. The molecule has 0 radical (unpaired) electrons. The summed E-state index contributed by atoms with van der Waals surface area (Å²) in [4.78, 5) is 8.20. The molecule has 0 aliphatic heterocycles. The first-order valence-corrected chi connectivity index (χ1v) is 5.19. The molecule has 0 atom stereocenters. The van der Waals surface area contributed by atoms with Crippen molar-refractivity contribution in [2.45, 2.75) is 0 Å². The van der Waals surface area contributed by atoms with Gasteiger partial charge in [0.1, 0.15) is 17.8 Å². The number of anilines is 2. The summed E-state index contributed by atoms with van der Waals surface area (Å²) in [7, 11) is 0. The predicted octanol–water partition coefficient (Wildman–Crippen LogP) is 1.58. The minimum absolute atomic E-state index is 0.484. The average molecular weight is 225 g/mol. The number of aromatic nitrogens is 3. The van der Waals surface area contributed by atoms with Gasteiger partial charge in [0.05, 0.1) is 5.39 Å². The molecule has 0 amide bonds. The third-order valence-corrected chi connectivity index (χ3v) is 2.66. The van der Waals surface area contributed by atoms with Crippen LogP contribution in [0.15, 0.2) is 42.9 Å². The molecule has 0 aliphatic carbocycles. The van der Waals surface area contributed by atoms with Crippen molar-refractivity contribution in [2.75, 3.05) is 11.5 Å². The highest BCUT2D eigenvalue weighted by atomic mass is 15.1. The van der Waals surface area contributed by atoms with E-state index < -0.39 is 0 Å². The Morgan fingerprint density at radius 3 is 2.76 bits per heavy atom. The standard InChI is InChI=1S/C12H11N5/c13-8-2-1-3-9(6-8)17-5-4-10-11(14)15-7-16-12(10)17/h1-7H,13H2,(H2,14,15,16). The quantitative estimate of drug-likeness (QED) is 0.616. The summed E-state index contributed by atoms with van der Waals surface area (Å²) in [6.07, 6.45) is 3.37. The van der Waals surface area contributed by atoms with Crippen LogP contribution in [0.3, 0.4) is 0 Å². The molecular weight excluding hydrogens is 214 g/mol. The maximum Gasteiger partial charge on any atom is 0.150 e. The molecule has 2 aromatic heterocycles. The Labute approximate surface area is 97.7 Å². The average Bonchev–Trinajstić information content (AvgIpc) is 2.74. The Morgan fingerprint density at radius 2 is 1.94 bits per heavy atom. The Balaban J connectivity index is 2.28. The van der Waals surface area contributed by atoms with Crippen LogP contribution >= 0.6 is 0 Å². The van der Waals surface area contributed by atoms with Crippen molar-refractivity contribution in [1.82, 2.24) is 14.5 Å². The highest BCUT2D eigenvalue weighted by molar-refractivity contribution is 5.87. The van der Waals surface area contributed by atoms with Crippen molar-refractivity contribution in [1.29, 1.82) is 0 Å². The lowest BCUT2D eigenvalue weighted by molar-refractivity contribution is 1.08. The lowest BCUT2D eigenvalue weighted by atomic mass is 10.3. The van der Waals surface area contributed by atoms with Gasteiger partial charge < -0.3 is 16.0 Å². The van der Waals surface area contributed by atoms with Crippen molar-refractivity contribution < 1.29 is 0 Å². The maximum absolute atomic E-state index is 5.79. The van der Waals surface area contributed by atoms with Crippen LogP contribution in [-0.2, 0) is 0 Å². The molecule has 0 aliphatic rings. The van der Waals surface area contributed by atoms with Gasteiger partial charge in [-0.15, -0.1) is 0 Å². The first kappa shape index (κ1) is 9.65. The summed E-state index contributed by atoms with van der Waals surface area (Å²) < 4.78 is 1.93. The SMILES string of the molecule is Nc1cccc(-n2ccc3c(N)ncnc32)c1. The molecule has 17 heavy (non-hydrogen) atoms. The summed E-state index contributed by atoms with van der Waals surface area (Å²) in [5.74, 6) is 0.484. The summed E-state index contributed by atoms with van der Waals surface area (Å²) in [5, 5.41) is 0.843. The van der Waals surface area contributed by atoms with Gasteiger partial charge in [0.15, 0.2) is 0 Å². The van der Waals surface area contributed by atoms with E-state index in [1.807, 2.05) is 41.1 Å². The highest BCUT2D eigenvalue weighted by Gasteiger charge is 2.07. The molecule has 5 nitrogen and oxygen atoms in total. The topological polar surface area (TPSA) is 82.8 Å². The summed E-state index contributed by atoms with van der Waals surface area (Å²) >= 11 is 0. The van der Waals surface area contributed by atoms with Gasteiger partial charge in [0.2, 0.25) is 0 Å². The Kier molecular flexibility index (Phi) is 1.98. The van der Waals surface area contributed by atoms with E-state index >= 15 is 0 Å². The van der Waals surface area contributed by atoms with Crippen LogP contribution < -0.4 is 11.5 Å². The molecule has 1 aromatic carbocycles. The van der Waals surface area contributed by atoms with E-state index in [1.165, 1.54) is 6.33 Å². The molecule has 0 spiro atoms. The van der Waals surface area contributed by atoms with Crippen LogP contribution in [0.4, 0.5) is 11.5 Å². The predicted molar refractivity (Wildman–Crippen MR) is 67.7 cm³/mol. The van der Waals surface area contributed by atoms with Gasteiger partial charge in [-0.3, -0.25) is 0 Å². The van der Waals surface area contributed by atoms with Crippen LogP contribution in [0.5, 0.6) is 0 Å². The van der Waals surface area contributed by atoms with Gasteiger partial charge in [0.25, 0.3) is 0 Å². The van der Waals surface area contributed by atoms with E-state index in [-0.39, 0.29) is 0 Å². The van der Waals surface area contributed by atoms with E-state index in [9.17, 15) is 0 Å². The Bertz CT molecular complexity index is 686. The molecular formula is C12H11N5. The van der Waals surface area contributed by atoms with Gasteiger partial charge in [-0.25, -0.2) is 9.97 Å². The smallest absolute Gasteiger partial charge is 0.150 e. The molecule has 4 N–H and O–H groups in total. The monoisotopic (exact) mass is 225 g/mol. The fraction of sp³-hybridized carbons (Fsp3) is 0. The number of hydrogen-bond donors (Lipinski definition) is 2. The Morgan fingerprint density at radius 1 is 1.06 bits per heavy atom. The zero-order valence-electron chi connectivity index (χ0n) is 9.04. The summed E-state index contributed by atoms with van der Waals surface area (Å²) in [6.45, 7) is 0. The largest absolute Gasteiger partial charge is 0.399 e. The van der Waals surface area contributed by atoms with E-state index in [1.54, 1.807) is 0 Å². The van der Waals surface area contributed by atoms with Crippen molar-refractivity contribution in [3.05, 3.63) is 42.9 Å². The second kappa shape index (κ2) is 3.48. The second-order valence-electron chi connectivity index (χ2n) is 3.78. The van der Waals surface area contributed by atoms with Gasteiger partial charge in [-0.05, 0) is 24.3 Å². The first-order chi connectivity index (χ1) is 8.25. The number of benzene rings is 1. The molecule has 5 heteroatoms. The van der Waals surface area contributed by atoms with Crippen LogP contribution in [0, 0.1) is 0 Å². The third kappa shape index (κ3) is 1.48. The first-order valence-electron chi connectivity index (χ1n) is 5.19. The van der Waals surface area contributed by atoms with E-state index in [2.05, 4.69) is 9.97 Å². The van der Waals surface area contributed by atoms with Gasteiger partial charge in [-0.1, -0.05) is 6.07 Å². The molecule has 3 aromatic rings. The molecule has 0 fully saturated rings. The number of rotatable bonds is 1. The van der Waals surface area contributed by atoms with Gasteiger partial charge in [-0.2, -0.15) is 0 Å². The van der Waals surface area contributed by atoms with E-state index in [0.717, 1.165) is 16.7 Å². The van der Waals surface area contributed by atoms with E-state index in [4.69, 9.17) is 11.5 Å². The number of fused-ring (bicyclic) bond motifs is 1. The van der Waals surface area contributed by atoms with Crippen LogP contribution in [0.1, 0.15) is 0 Å². The van der Waals surface area contributed by atoms with Crippen LogP contribution in [0.25, 0.3) is 16.7 Å². The fourth-order valence-corrected chi connectivity index (χ4v) is 1.85. The number of nitrogens with zero attached hydrogens (tertiary/aromatic N) is 3. The highest BCUT2D eigenvalue weighted by Crippen LogP contribution is 2.22. The molecule has 0 unspecified atom stereocenters. The number of nitrogen functional groups attached to an aromatic ring is 2. The molecule has 0 bridgehead atoms. The molecule has 3 rings (SSSR count). The second-order valence-corrected chi connectivity index (χ2v) is 3.78. The summed E-state index contributed by atoms with van der Waals surface area (Å²) in [6, 6.07) is 9.50. The zero-order chi connectivity index (χ0) is 11.8. The summed E-state index contributed by atoms with van der Waals surface area (Å²) in [5.41, 5.74) is 14.0. The lowest BCUT2D eigenvalue weighted by Crippen LogP contribution is -1.97. The van der Waals surface area contributed by atoms with Crippen molar-refractivity contribution in [2.24, 2.45) is 0 Å². The lowest BCUT2D eigenvalue weighted by Gasteiger charge is -2.05. The zero-order valence-corrected chi connectivity index (χ0v) is 9.04. The number of hydrogen-bond acceptors (Lipinski definition) is 4. The minimum atomic E-state index is 0.484. The van der Waals surface area contributed by atoms with Gasteiger partial charge in [0, 0.05) is 17.6 Å². The molecule has 0 saturated heterocycles. The number of nitrogens with two attached hydrogens (primary N) is 2.